The Bertz CT molecular complexity index is 364. The molecule has 0 atom stereocenters. The largest absolute Gasteiger partial charge is 0.385 e. The zero-order valence-corrected chi connectivity index (χ0v) is 9.82. The van der Waals surface area contributed by atoms with Crippen molar-refractivity contribution in [3.8, 4) is 0 Å². The van der Waals surface area contributed by atoms with Gasteiger partial charge in [0, 0.05) is 23.9 Å². The van der Waals surface area contributed by atoms with E-state index in [9.17, 15) is 10.1 Å². The van der Waals surface area contributed by atoms with Crippen molar-refractivity contribution in [2.75, 3.05) is 11.9 Å². The predicted molar refractivity (Wildman–Crippen MR) is 65.8 cm³/mol. The van der Waals surface area contributed by atoms with Gasteiger partial charge in [-0.25, -0.2) is 0 Å². The summed E-state index contributed by atoms with van der Waals surface area (Å²) in [7, 11) is 0. The van der Waals surface area contributed by atoms with Crippen LogP contribution in [0.2, 0.25) is 0 Å². The standard InChI is InChI=1S/C12H18N2O2/c1-3-4-5-9-13-11-7-6-8-12(10(11)2)14(15)16/h6-8,13H,3-5,9H2,1-2H3. The Morgan fingerprint density at radius 3 is 2.75 bits per heavy atom. The van der Waals surface area contributed by atoms with Gasteiger partial charge in [0.15, 0.2) is 0 Å². The van der Waals surface area contributed by atoms with Gasteiger partial charge in [-0.05, 0) is 19.4 Å². The third kappa shape index (κ3) is 3.22. The molecule has 0 aliphatic heterocycles. The van der Waals surface area contributed by atoms with Gasteiger partial charge in [0.2, 0.25) is 0 Å². The number of nitro benzene ring substituents is 1. The summed E-state index contributed by atoms with van der Waals surface area (Å²) in [6.45, 7) is 4.80. The Hall–Kier alpha value is -1.58. The van der Waals surface area contributed by atoms with Crippen molar-refractivity contribution in [1.29, 1.82) is 0 Å². The van der Waals surface area contributed by atoms with Gasteiger partial charge in [0.1, 0.15) is 0 Å². The average Bonchev–Trinajstić information content (AvgIpc) is 2.26. The van der Waals surface area contributed by atoms with Gasteiger partial charge in [0.25, 0.3) is 5.69 Å². The van der Waals surface area contributed by atoms with Crippen LogP contribution in [0.3, 0.4) is 0 Å². The van der Waals surface area contributed by atoms with E-state index in [1.54, 1.807) is 13.0 Å². The summed E-state index contributed by atoms with van der Waals surface area (Å²) in [5.41, 5.74) is 1.76. The zero-order chi connectivity index (χ0) is 12.0. The van der Waals surface area contributed by atoms with E-state index in [-0.39, 0.29) is 10.6 Å². The molecule has 1 aromatic rings. The fourth-order valence-corrected chi connectivity index (χ4v) is 1.61. The molecule has 0 saturated carbocycles. The quantitative estimate of drug-likeness (QED) is 0.455. The number of hydrogen-bond donors (Lipinski definition) is 1. The molecule has 88 valence electrons. The van der Waals surface area contributed by atoms with Crippen LogP contribution in [-0.4, -0.2) is 11.5 Å². The summed E-state index contributed by atoms with van der Waals surface area (Å²) < 4.78 is 0. The van der Waals surface area contributed by atoms with E-state index in [1.807, 2.05) is 6.07 Å². The van der Waals surface area contributed by atoms with Gasteiger partial charge in [-0.15, -0.1) is 0 Å². The number of unbranched alkanes of at least 4 members (excludes halogenated alkanes) is 2. The topological polar surface area (TPSA) is 55.2 Å². The van der Waals surface area contributed by atoms with E-state index in [1.165, 1.54) is 18.9 Å². The molecular formula is C12H18N2O2. The molecule has 0 bridgehead atoms. The second-order valence-corrected chi connectivity index (χ2v) is 3.84. The third-order valence-corrected chi connectivity index (χ3v) is 2.60. The monoisotopic (exact) mass is 222 g/mol. The van der Waals surface area contributed by atoms with E-state index in [4.69, 9.17) is 0 Å². The molecule has 0 aliphatic rings. The Morgan fingerprint density at radius 2 is 2.12 bits per heavy atom. The Labute approximate surface area is 95.8 Å². The second-order valence-electron chi connectivity index (χ2n) is 3.84. The Morgan fingerprint density at radius 1 is 1.38 bits per heavy atom. The summed E-state index contributed by atoms with van der Waals surface area (Å²) in [6.07, 6.45) is 3.45. The number of rotatable bonds is 6. The number of anilines is 1. The van der Waals surface area contributed by atoms with Crippen molar-refractivity contribution in [3.63, 3.8) is 0 Å². The first-order valence-corrected chi connectivity index (χ1v) is 5.64. The van der Waals surface area contributed by atoms with Crippen molar-refractivity contribution in [3.05, 3.63) is 33.9 Å². The van der Waals surface area contributed by atoms with Crippen LogP contribution in [0, 0.1) is 17.0 Å². The highest BCUT2D eigenvalue weighted by Crippen LogP contribution is 2.24. The van der Waals surface area contributed by atoms with Crippen LogP contribution in [-0.2, 0) is 0 Å². The van der Waals surface area contributed by atoms with Crippen LogP contribution in [0.15, 0.2) is 18.2 Å². The van der Waals surface area contributed by atoms with Crippen LogP contribution in [0.1, 0.15) is 31.7 Å². The van der Waals surface area contributed by atoms with Gasteiger partial charge in [-0.2, -0.15) is 0 Å². The van der Waals surface area contributed by atoms with Crippen LogP contribution in [0.25, 0.3) is 0 Å². The minimum atomic E-state index is -0.341. The van der Waals surface area contributed by atoms with Gasteiger partial charge in [-0.3, -0.25) is 10.1 Å². The summed E-state index contributed by atoms with van der Waals surface area (Å²) in [5, 5.41) is 14.0. The normalized spacial score (nSPS) is 10.1. The molecule has 4 nitrogen and oxygen atoms in total. The number of benzene rings is 1. The van der Waals surface area contributed by atoms with E-state index in [2.05, 4.69) is 12.2 Å². The molecule has 0 heterocycles. The lowest BCUT2D eigenvalue weighted by molar-refractivity contribution is -0.385. The van der Waals surface area contributed by atoms with Gasteiger partial charge in [-0.1, -0.05) is 25.8 Å². The molecular weight excluding hydrogens is 204 g/mol. The fourth-order valence-electron chi connectivity index (χ4n) is 1.61. The Kier molecular flexibility index (Phi) is 4.76. The van der Waals surface area contributed by atoms with Crippen molar-refractivity contribution in [1.82, 2.24) is 0 Å². The molecule has 0 spiro atoms. The molecule has 0 fully saturated rings. The maximum absolute atomic E-state index is 10.7. The molecule has 4 heteroatoms. The lowest BCUT2D eigenvalue weighted by Gasteiger charge is -2.08. The van der Waals surface area contributed by atoms with Crippen molar-refractivity contribution < 1.29 is 4.92 Å². The summed E-state index contributed by atoms with van der Waals surface area (Å²) >= 11 is 0. The lowest BCUT2D eigenvalue weighted by atomic mass is 10.1. The molecule has 16 heavy (non-hydrogen) atoms. The smallest absolute Gasteiger partial charge is 0.274 e. The lowest BCUT2D eigenvalue weighted by Crippen LogP contribution is -2.04. The minimum Gasteiger partial charge on any atom is -0.385 e. The molecule has 0 amide bonds. The molecule has 0 radical (unpaired) electrons. The molecule has 0 aromatic heterocycles. The zero-order valence-electron chi connectivity index (χ0n) is 9.82. The molecule has 0 aliphatic carbocycles. The van der Waals surface area contributed by atoms with Crippen LogP contribution < -0.4 is 5.32 Å². The van der Waals surface area contributed by atoms with E-state index in [0.29, 0.717) is 5.56 Å². The minimum absolute atomic E-state index is 0.181. The van der Waals surface area contributed by atoms with Crippen molar-refractivity contribution >= 4 is 11.4 Å². The summed E-state index contributed by atoms with van der Waals surface area (Å²) in [4.78, 5) is 10.4. The SMILES string of the molecule is CCCCCNc1cccc([N+](=O)[O-])c1C. The first-order valence-electron chi connectivity index (χ1n) is 5.64. The second kappa shape index (κ2) is 6.10. The van der Waals surface area contributed by atoms with E-state index in [0.717, 1.165) is 18.7 Å². The number of hydrogen-bond acceptors (Lipinski definition) is 3. The first-order chi connectivity index (χ1) is 7.66. The van der Waals surface area contributed by atoms with Crippen LogP contribution in [0.5, 0.6) is 0 Å². The van der Waals surface area contributed by atoms with Gasteiger partial charge >= 0.3 is 0 Å². The first kappa shape index (κ1) is 12.5. The highest BCUT2D eigenvalue weighted by atomic mass is 16.6. The molecule has 1 rings (SSSR count). The summed E-state index contributed by atoms with van der Waals surface area (Å²) in [6, 6.07) is 5.13. The number of nitrogens with one attached hydrogen (secondary N) is 1. The maximum Gasteiger partial charge on any atom is 0.274 e. The molecule has 0 unspecified atom stereocenters. The average molecular weight is 222 g/mol. The fraction of sp³-hybridized carbons (Fsp3) is 0.500. The molecule has 1 N–H and O–H groups in total. The highest BCUT2D eigenvalue weighted by Gasteiger charge is 2.12. The summed E-state index contributed by atoms with van der Waals surface area (Å²) in [5.74, 6) is 0. The molecule has 0 saturated heterocycles. The van der Waals surface area contributed by atoms with Crippen LogP contribution in [0.4, 0.5) is 11.4 Å². The van der Waals surface area contributed by atoms with Crippen molar-refractivity contribution in [2.45, 2.75) is 33.1 Å². The highest BCUT2D eigenvalue weighted by molar-refractivity contribution is 5.59. The number of nitro groups is 1. The number of nitrogens with zero attached hydrogens (tertiary/aromatic N) is 1. The molecule has 1 aromatic carbocycles. The van der Waals surface area contributed by atoms with E-state index < -0.39 is 0 Å². The Balaban J connectivity index is 2.66. The van der Waals surface area contributed by atoms with Gasteiger partial charge in [0.05, 0.1) is 4.92 Å². The van der Waals surface area contributed by atoms with Crippen LogP contribution >= 0.6 is 0 Å². The predicted octanol–water partition coefficient (Wildman–Crippen LogP) is 3.51. The third-order valence-electron chi connectivity index (χ3n) is 2.60. The maximum atomic E-state index is 10.7. The van der Waals surface area contributed by atoms with Crippen molar-refractivity contribution in [2.24, 2.45) is 0 Å². The van der Waals surface area contributed by atoms with Gasteiger partial charge < -0.3 is 5.32 Å². The van der Waals surface area contributed by atoms with E-state index >= 15 is 0 Å².